The van der Waals surface area contributed by atoms with Crippen LogP contribution in [0.4, 0.5) is 0 Å². The van der Waals surface area contributed by atoms with Gasteiger partial charge in [0.05, 0.1) is 29.9 Å². The van der Waals surface area contributed by atoms with Crippen molar-refractivity contribution in [3.63, 3.8) is 0 Å². The van der Waals surface area contributed by atoms with Gasteiger partial charge in [-0.15, -0.1) is 0 Å². The molecule has 0 spiro atoms. The Balaban J connectivity index is 1.50. The van der Waals surface area contributed by atoms with Crippen LogP contribution in [0.3, 0.4) is 0 Å². The van der Waals surface area contributed by atoms with Crippen molar-refractivity contribution in [1.82, 2.24) is 10.2 Å². The van der Waals surface area contributed by atoms with Gasteiger partial charge in [-0.3, -0.25) is 9.59 Å². The number of carbonyl (C=O) groups is 2. The summed E-state index contributed by atoms with van der Waals surface area (Å²) in [6.07, 6.45) is 2.69. The van der Waals surface area contributed by atoms with Gasteiger partial charge in [-0.05, 0) is 30.3 Å². The molecule has 2 aliphatic heterocycles. The molecule has 1 N–H and O–H groups in total. The van der Waals surface area contributed by atoms with E-state index in [0.717, 1.165) is 0 Å². The number of ether oxygens (including phenoxy) is 1. The highest BCUT2D eigenvalue weighted by atomic mass is 32.2. The Labute approximate surface area is 162 Å². The highest BCUT2D eigenvalue weighted by Gasteiger charge is 2.53. The molecule has 0 aliphatic carbocycles. The topological polar surface area (TPSA) is 106 Å². The van der Waals surface area contributed by atoms with Crippen LogP contribution in [0.15, 0.2) is 47.3 Å². The first-order valence-corrected chi connectivity index (χ1v) is 10.6. The number of hydrogen-bond donors (Lipinski definition) is 1. The molecular weight excluding hydrogens is 384 g/mol. The van der Waals surface area contributed by atoms with Crippen LogP contribution >= 0.6 is 0 Å². The number of amides is 2. The van der Waals surface area contributed by atoms with Crippen molar-refractivity contribution in [1.29, 1.82) is 0 Å². The lowest BCUT2D eigenvalue weighted by molar-refractivity contribution is 0.0784. The van der Waals surface area contributed by atoms with Gasteiger partial charge in [0, 0.05) is 30.6 Å². The fraction of sp³-hybridized carbons (Fsp3) is 0.368. The van der Waals surface area contributed by atoms with Crippen molar-refractivity contribution in [2.75, 3.05) is 26.0 Å². The monoisotopic (exact) mass is 404 g/mol. The zero-order chi connectivity index (χ0) is 19.9. The van der Waals surface area contributed by atoms with E-state index in [0.29, 0.717) is 16.9 Å². The van der Waals surface area contributed by atoms with Crippen LogP contribution < -0.4 is 10.1 Å². The molecule has 3 unspecified atom stereocenters. The molecule has 1 aromatic heterocycles. The third kappa shape index (κ3) is 3.26. The molecule has 2 aromatic rings. The predicted octanol–water partition coefficient (Wildman–Crippen LogP) is 0.956. The molecular formula is C19H20N2O6S. The number of hydrogen-bond acceptors (Lipinski definition) is 6. The first-order chi connectivity index (χ1) is 13.4. The molecule has 0 bridgehead atoms. The number of rotatable bonds is 4. The van der Waals surface area contributed by atoms with Crippen LogP contribution in [0.2, 0.25) is 0 Å². The second-order valence-electron chi connectivity index (χ2n) is 7.06. The van der Waals surface area contributed by atoms with Crippen molar-refractivity contribution in [2.24, 2.45) is 5.92 Å². The summed E-state index contributed by atoms with van der Waals surface area (Å²) >= 11 is 0. The first kappa shape index (κ1) is 18.5. The Morgan fingerprint density at radius 1 is 1.14 bits per heavy atom. The van der Waals surface area contributed by atoms with Crippen LogP contribution in [0, 0.1) is 5.92 Å². The molecule has 4 rings (SSSR count). The lowest BCUT2D eigenvalue weighted by atomic mass is 10.0. The highest BCUT2D eigenvalue weighted by Crippen LogP contribution is 2.35. The summed E-state index contributed by atoms with van der Waals surface area (Å²) in [5, 5.41) is 2.13. The molecule has 148 valence electrons. The van der Waals surface area contributed by atoms with Crippen LogP contribution in [-0.4, -0.2) is 62.4 Å². The van der Waals surface area contributed by atoms with E-state index in [4.69, 9.17) is 9.15 Å². The Morgan fingerprint density at radius 3 is 2.54 bits per heavy atom. The number of likely N-dealkylation sites (tertiary alicyclic amines) is 1. The third-order valence-electron chi connectivity index (χ3n) is 5.42. The zero-order valence-corrected chi connectivity index (χ0v) is 16.0. The van der Waals surface area contributed by atoms with Crippen molar-refractivity contribution >= 4 is 21.7 Å². The normalized spacial score (nSPS) is 25.3. The predicted molar refractivity (Wildman–Crippen MR) is 99.9 cm³/mol. The summed E-state index contributed by atoms with van der Waals surface area (Å²) in [6, 6.07) is 7.67. The van der Waals surface area contributed by atoms with Crippen molar-refractivity contribution in [3.05, 3.63) is 54.0 Å². The number of fused-ring (bicyclic) bond motifs is 1. The Bertz CT molecular complexity index is 984. The Hall–Kier alpha value is -2.81. The van der Waals surface area contributed by atoms with E-state index in [-0.39, 0.29) is 36.6 Å². The van der Waals surface area contributed by atoms with E-state index in [2.05, 4.69) is 5.32 Å². The number of nitrogens with zero attached hydrogens (tertiary/aromatic N) is 1. The fourth-order valence-electron chi connectivity index (χ4n) is 3.94. The molecule has 0 saturated carbocycles. The molecule has 28 heavy (non-hydrogen) atoms. The minimum atomic E-state index is -3.40. The number of carbonyl (C=O) groups excluding carboxylic acids is 2. The van der Waals surface area contributed by atoms with E-state index in [1.54, 1.807) is 36.3 Å². The molecule has 2 saturated heterocycles. The molecule has 3 heterocycles. The smallest absolute Gasteiger partial charge is 0.254 e. The number of furan rings is 1. The molecule has 9 heteroatoms. The quantitative estimate of drug-likeness (QED) is 0.814. The molecule has 0 radical (unpaired) electrons. The number of nitrogens with one attached hydrogen (secondary N) is 1. The first-order valence-electron chi connectivity index (χ1n) is 8.87. The summed E-state index contributed by atoms with van der Waals surface area (Å²) < 4.78 is 35.2. The van der Waals surface area contributed by atoms with E-state index in [1.165, 1.54) is 18.6 Å². The van der Waals surface area contributed by atoms with Crippen LogP contribution in [0.1, 0.15) is 20.7 Å². The van der Waals surface area contributed by atoms with Crippen molar-refractivity contribution < 1.29 is 27.2 Å². The summed E-state index contributed by atoms with van der Waals surface area (Å²) in [7, 11) is -1.86. The van der Waals surface area contributed by atoms with Gasteiger partial charge in [-0.2, -0.15) is 0 Å². The second kappa shape index (κ2) is 6.97. The maximum absolute atomic E-state index is 12.8. The third-order valence-corrected chi connectivity index (χ3v) is 7.67. The van der Waals surface area contributed by atoms with Gasteiger partial charge >= 0.3 is 0 Å². The Kier molecular flexibility index (Phi) is 4.62. The number of benzene rings is 1. The van der Waals surface area contributed by atoms with Gasteiger partial charge in [0.1, 0.15) is 12.0 Å². The van der Waals surface area contributed by atoms with Crippen LogP contribution in [-0.2, 0) is 9.84 Å². The molecule has 2 amide bonds. The summed E-state index contributed by atoms with van der Waals surface area (Å²) in [5.74, 6) is -0.416. The SMILES string of the molecule is COc1ccc(C(=O)N2CC3C(NC(=O)c4ccoc4)CS(=O)(=O)C3C2)cc1. The summed E-state index contributed by atoms with van der Waals surface area (Å²) in [5.41, 5.74) is 0.808. The van der Waals surface area contributed by atoms with Crippen molar-refractivity contribution in [2.45, 2.75) is 11.3 Å². The lowest BCUT2D eigenvalue weighted by Gasteiger charge is -2.21. The fourth-order valence-corrected chi connectivity index (χ4v) is 6.23. The molecule has 1 aromatic carbocycles. The second-order valence-corrected chi connectivity index (χ2v) is 9.33. The van der Waals surface area contributed by atoms with E-state index in [1.807, 2.05) is 0 Å². The molecule has 3 atom stereocenters. The van der Waals surface area contributed by atoms with Crippen molar-refractivity contribution in [3.8, 4) is 5.75 Å². The summed E-state index contributed by atoms with van der Waals surface area (Å²) in [4.78, 5) is 26.6. The van der Waals surface area contributed by atoms with Gasteiger partial charge < -0.3 is 19.4 Å². The van der Waals surface area contributed by atoms with Crippen LogP contribution in [0.5, 0.6) is 5.75 Å². The van der Waals surface area contributed by atoms with Gasteiger partial charge in [0.15, 0.2) is 9.84 Å². The molecule has 2 fully saturated rings. The van der Waals surface area contributed by atoms with Gasteiger partial charge in [-0.25, -0.2) is 8.42 Å². The van der Waals surface area contributed by atoms with E-state index in [9.17, 15) is 18.0 Å². The number of sulfone groups is 1. The number of methoxy groups -OCH3 is 1. The van der Waals surface area contributed by atoms with Gasteiger partial charge in [0.2, 0.25) is 0 Å². The maximum atomic E-state index is 12.8. The van der Waals surface area contributed by atoms with Gasteiger partial charge in [0.25, 0.3) is 11.8 Å². The summed E-state index contributed by atoms with van der Waals surface area (Å²) in [6.45, 7) is 0.418. The Morgan fingerprint density at radius 2 is 1.89 bits per heavy atom. The lowest BCUT2D eigenvalue weighted by Crippen LogP contribution is -2.42. The molecule has 2 aliphatic rings. The largest absolute Gasteiger partial charge is 0.497 e. The van der Waals surface area contributed by atoms with E-state index >= 15 is 0 Å². The minimum absolute atomic E-state index is 0.115. The average Bonchev–Trinajstić information content (AvgIpc) is 3.40. The average molecular weight is 404 g/mol. The van der Waals surface area contributed by atoms with Gasteiger partial charge in [-0.1, -0.05) is 0 Å². The van der Waals surface area contributed by atoms with E-state index < -0.39 is 21.1 Å². The molecule has 8 nitrogen and oxygen atoms in total. The highest BCUT2D eigenvalue weighted by molar-refractivity contribution is 7.92. The van der Waals surface area contributed by atoms with Crippen LogP contribution in [0.25, 0.3) is 0 Å². The maximum Gasteiger partial charge on any atom is 0.254 e. The standard InChI is InChI=1S/C19H20N2O6S/c1-26-14-4-2-12(3-5-14)19(23)21-8-15-16(11-28(24,25)17(15)9-21)20-18(22)13-6-7-27-10-13/h2-7,10,15-17H,8-9,11H2,1H3,(H,20,22). The zero-order valence-electron chi connectivity index (χ0n) is 15.2. The minimum Gasteiger partial charge on any atom is -0.497 e.